The second-order valence-electron chi connectivity index (χ2n) is 3.76. The number of nitrogens with zero attached hydrogens (tertiary/aromatic N) is 1. The van der Waals surface area contributed by atoms with E-state index in [-0.39, 0.29) is 6.67 Å². The Labute approximate surface area is 78.5 Å². The first-order chi connectivity index (χ1) is 6.16. The fourth-order valence-corrected chi connectivity index (χ4v) is 1.64. The van der Waals surface area contributed by atoms with Crippen molar-refractivity contribution in [2.45, 2.75) is 18.4 Å². The van der Waals surface area contributed by atoms with Crippen LogP contribution in [0.3, 0.4) is 0 Å². The third-order valence-corrected chi connectivity index (χ3v) is 2.45. The molecular formula is C9H18FNO2. The van der Waals surface area contributed by atoms with E-state index in [0.29, 0.717) is 39.1 Å². The lowest BCUT2D eigenvalue weighted by atomic mass is 9.94. The molecule has 0 aliphatic carbocycles. The van der Waals surface area contributed by atoms with Crippen LogP contribution in [0.2, 0.25) is 0 Å². The largest absolute Gasteiger partial charge is 0.388 e. The van der Waals surface area contributed by atoms with Crippen molar-refractivity contribution in [2.75, 3.05) is 40.0 Å². The van der Waals surface area contributed by atoms with Gasteiger partial charge in [0.05, 0.1) is 5.60 Å². The maximum atomic E-state index is 12.0. The van der Waals surface area contributed by atoms with Gasteiger partial charge in [0.2, 0.25) is 0 Å². The fourth-order valence-electron chi connectivity index (χ4n) is 1.64. The topological polar surface area (TPSA) is 32.7 Å². The van der Waals surface area contributed by atoms with Crippen LogP contribution < -0.4 is 0 Å². The summed E-state index contributed by atoms with van der Waals surface area (Å²) in [5.74, 6) is 0. The minimum absolute atomic E-state index is 0.358. The standard InChI is InChI=1S/C9H18FNO2/c1-11(5-4-10)8-9(12)2-6-13-7-3-9/h12H,2-8H2,1H3. The van der Waals surface area contributed by atoms with Crippen molar-refractivity contribution in [1.29, 1.82) is 0 Å². The summed E-state index contributed by atoms with van der Waals surface area (Å²) in [7, 11) is 1.83. The van der Waals surface area contributed by atoms with E-state index in [2.05, 4.69) is 0 Å². The second-order valence-corrected chi connectivity index (χ2v) is 3.76. The Hall–Kier alpha value is -0.190. The number of aliphatic hydroxyl groups is 1. The van der Waals surface area contributed by atoms with E-state index in [0.717, 1.165) is 0 Å². The van der Waals surface area contributed by atoms with Crippen LogP contribution in [-0.4, -0.2) is 55.6 Å². The summed E-state index contributed by atoms with van der Waals surface area (Å²) in [4.78, 5) is 1.82. The Kier molecular flexibility index (Phi) is 4.09. The van der Waals surface area contributed by atoms with Gasteiger partial charge in [-0.05, 0) is 7.05 Å². The van der Waals surface area contributed by atoms with Crippen LogP contribution in [0, 0.1) is 0 Å². The smallest absolute Gasteiger partial charge is 0.102 e. The van der Waals surface area contributed by atoms with E-state index in [1.807, 2.05) is 11.9 Å². The molecule has 0 atom stereocenters. The Morgan fingerprint density at radius 1 is 1.46 bits per heavy atom. The first-order valence-corrected chi connectivity index (χ1v) is 4.71. The molecule has 1 saturated heterocycles. The monoisotopic (exact) mass is 191 g/mol. The van der Waals surface area contributed by atoms with E-state index < -0.39 is 5.60 Å². The van der Waals surface area contributed by atoms with Crippen LogP contribution in [0.4, 0.5) is 4.39 Å². The lowest BCUT2D eigenvalue weighted by Gasteiger charge is -2.35. The zero-order valence-corrected chi connectivity index (χ0v) is 8.13. The number of likely N-dealkylation sites (N-methyl/N-ethyl adjacent to an activating group) is 1. The molecule has 1 fully saturated rings. The van der Waals surface area contributed by atoms with Crippen LogP contribution in [0.15, 0.2) is 0 Å². The molecule has 1 aliphatic heterocycles. The Balaban J connectivity index is 2.31. The highest BCUT2D eigenvalue weighted by molar-refractivity contribution is 4.83. The number of rotatable bonds is 4. The van der Waals surface area contributed by atoms with Gasteiger partial charge in [-0.3, -0.25) is 0 Å². The van der Waals surface area contributed by atoms with Crippen molar-refractivity contribution in [1.82, 2.24) is 4.90 Å². The third-order valence-electron chi connectivity index (χ3n) is 2.45. The van der Waals surface area contributed by atoms with Crippen molar-refractivity contribution in [3.63, 3.8) is 0 Å². The van der Waals surface area contributed by atoms with E-state index in [1.54, 1.807) is 0 Å². The Bertz CT molecular complexity index is 149. The molecule has 13 heavy (non-hydrogen) atoms. The number of hydrogen-bond donors (Lipinski definition) is 1. The summed E-state index contributed by atoms with van der Waals surface area (Å²) in [5, 5.41) is 10.0. The van der Waals surface area contributed by atoms with Gasteiger partial charge in [-0.25, -0.2) is 4.39 Å². The summed E-state index contributed by atoms with van der Waals surface area (Å²) in [6.07, 6.45) is 1.31. The van der Waals surface area contributed by atoms with Crippen molar-refractivity contribution in [3.8, 4) is 0 Å². The lowest BCUT2D eigenvalue weighted by molar-refractivity contribution is -0.0771. The van der Waals surface area contributed by atoms with Gasteiger partial charge in [-0.2, -0.15) is 0 Å². The van der Waals surface area contributed by atoms with Crippen LogP contribution in [0.25, 0.3) is 0 Å². The summed E-state index contributed by atoms with van der Waals surface area (Å²) >= 11 is 0. The molecular weight excluding hydrogens is 173 g/mol. The molecule has 0 aromatic carbocycles. The molecule has 4 heteroatoms. The molecule has 0 spiro atoms. The molecule has 0 unspecified atom stereocenters. The van der Waals surface area contributed by atoms with Gasteiger partial charge in [0, 0.05) is 39.1 Å². The van der Waals surface area contributed by atoms with Gasteiger partial charge in [0.15, 0.2) is 0 Å². The molecule has 0 aromatic heterocycles. The Morgan fingerprint density at radius 3 is 2.62 bits per heavy atom. The average Bonchev–Trinajstić information content (AvgIpc) is 2.04. The highest BCUT2D eigenvalue weighted by Gasteiger charge is 2.30. The zero-order chi connectivity index (χ0) is 9.73. The molecule has 78 valence electrons. The van der Waals surface area contributed by atoms with Gasteiger partial charge in [0.25, 0.3) is 0 Å². The number of ether oxygens (including phenoxy) is 1. The van der Waals surface area contributed by atoms with E-state index in [4.69, 9.17) is 4.74 Å². The minimum Gasteiger partial charge on any atom is -0.388 e. The summed E-state index contributed by atoms with van der Waals surface area (Å²) in [6, 6.07) is 0. The summed E-state index contributed by atoms with van der Waals surface area (Å²) < 4.78 is 17.1. The van der Waals surface area contributed by atoms with Gasteiger partial charge >= 0.3 is 0 Å². The molecule has 0 saturated carbocycles. The van der Waals surface area contributed by atoms with Crippen LogP contribution >= 0.6 is 0 Å². The van der Waals surface area contributed by atoms with Crippen LogP contribution in [-0.2, 0) is 4.74 Å². The van der Waals surface area contributed by atoms with Gasteiger partial charge in [-0.15, -0.1) is 0 Å². The SMILES string of the molecule is CN(CCF)CC1(O)CCOCC1. The molecule has 1 N–H and O–H groups in total. The van der Waals surface area contributed by atoms with Crippen molar-refractivity contribution in [3.05, 3.63) is 0 Å². The molecule has 3 nitrogen and oxygen atoms in total. The maximum absolute atomic E-state index is 12.0. The van der Waals surface area contributed by atoms with Crippen LogP contribution in [0.5, 0.6) is 0 Å². The van der Waals surface area contributed by atoms with Crippen molar-refractivity contribution >= 4 is 0 Å². The van der Waals surface area contributed by atoms with Crippen molar-refractivity contribution in [2.24, 2.45) is 0 Å². The van der Waals surface area contributed by atoms with E-state index in [9.17, 15) is 9.50 Å². The van der Waals surface area contributed by atoms with E-state index >= 15 is 0 Å². The minimum atomic E-state index is -0.665. The summed E-state index contributed by atoms with van der Waals surface area (Å²) in [5.41, 5.74) is -0.665. The number of halogens is 1. The zero-order valence-electron chi connectivity index (χ0n) is 8.13. The van der Waals surface area contributed by atoms with Crippen molar-refractivity contribution < 1.29 is 14.2 Å². The first kappa shape index (κ1) is 10.9. The Morgan fingerprint density at radius 2 is 2.08 bits per heavy atom. The van der Waals surface area contributed by atoms with Gasteiger partial charge in [0.1, 0.15) is 6.67 Å². The van der Waals surface area contributed by atoms with Gasteiger partial charge in [-0.1, -0.05) is 0 Å². The predicted octanol–water partition coefficient (Wildman–Crippen LogP) is 0.429. The highest BCUT2D eigenvalue weighted by atomic mass is 19.1. The summed E-state index contributed by atoms with van der Waals surface area (Å²) in [6.45, 7) is 1.80. The molecule has 0 aromatic rings. The molecule has 0 amide bonds. The third kappa shape index (κ3) is 3.58. The molecule has 1 aliphatic rings. The maximum Gasteiger partial charge on any atom is 0.102 e. The molecule has 0 radical (unpaired) electrons. The average molecular weight is 191 g/mol. The quantitative estimate of drug-likeness (QED) is 0.699. The lowest BCUT2D eigenvalue weighted by Crippen LogP contribution is -2.46. The second kappa shape index (κ2) is 4.88. The van der Waals surface area contributed by atoms with Gasteiger partial charge < -0.3 is 14.7 Å². The highest BCUT2D eigenvalue weighted by Crippen LogP contribution is 2.20. The fraction of sp³-hybridized carbons (Fsp3) is 1.00. The predicted molar refractivity (Wildman–Crippen MR) is 48.5 cm³/mol. The molecule has 1 heterocycles. The normalized spacial score (nSPS) is 22.2. The first-order valence-electron chi connectivity index (χ1n) is 4.71. The molecule has 1 rings (SSSR count). The number of hydrogen-bond acceptors (Lipinski definition) is 3. The van der Waals surface area contributed by atoms with E-state index in [1.165, 1.54) is 0 Å². The number of alkyl halides is 1. The molecule has 0 bridgehead atoms. The van der Waals surface area contributed by atoms with Crippen LogP contribution in [0.1, 0.15) is 12.8 Å².